The minimum atomic E-state index is -4.93. The molecule has 0 radical (unpaired) electrons. The van der Waals surface area contributed by atoms with Crippen LogP contribution in [0.25, 0.3) is 0 Å². The Balaban J connectivity index is 4.59. The maximum Gasteiger partial charge on any atom is 0.472 e. The second-order valence-corrected chi connectivity index (χ2v) is 25.8. The molecule has 0 rings (SSSR count). The Morgan fingerprint density at radius 1 is 0.319 bits per heavy atom. The van der Waals surface area contributed by atoms with Crippen LogP contribution in [0.15, 0.2) is 122 Å². The Morgan fingerprint density at radius 2 is 0.593 bits per heavy atom. The van der Waals surface area contributed by atoms with Crippen LogP contribution in [0.1, 0.15) is 265 Å². The Labute approximate surface area is 551 Å². The molecule has 0 fully saturated rings. The van der Waals surface area contributed by atoms with Crippen LogP contribution in [-0.2, 0) is 55.8 Å². The van der Waals surface area contributed by atoms with Crippen LogP contribution < -0.4 is 0 Å². The summed E-state index contributed by atoms with van der Waals surface area (Å²) in [6.45, 7) is 2.43. The number of aliphatic hydroxyl groups is 2. The first-order valence-corrected chi connectivity index (χ1v) is 37.8. The van der Waals surface area contributed by atoms with Gasteiger partial charge in [-0.3, -0.25) is 32.5 Å². The number of unbranched alkanes of at least 4 members (excludes halogenated alkanes) is 22. The smallest absolute Gasteiger partial charge is 0.463 e. The van der Waals surface area contributed by atoms with Gasteiger partial charge in [0.1, 0.15) is 25.4 Å². The standard InChI is InChI=1S/C73H124O16P2/c1-4-7-10-13-16-19-22-24-26-28-30-32-33-35-37-38-40-42-45-47-50-53-56-59-71(76)83-62-68(74)63-85-90(79,80)86-64-69(75)65-87-91(81,82)88-67-70(89-73(78)61-58-55-52-49-44-21-18-15-12-9-6-3)66-84-72(77)60-57-54-51-48-46-43-41-39-36-34-31-29-27-25-23-20-17-14-11-8-5-2/h7,10,15-20,24-27,30-32,34-35,37,39,41,68-70,74-75H,4-6,8-9,11-14,21-23,28-29,33,36,38,40,42-67H2,1-3H3,(H,79,80)(H,81,82)/b10-7-,18-15-,19-16-,20-17-,26-24-,27-25-,32-30-,34-31-,37-35-,41-39-. The molecule has 0 saturated carbocycles. The fourth-order valence-corrected chi connectivity index (χ4v) is 10.4. The molecule has 522 valence electrons. The molecule has 0 spiro atoms. The highest BCUT2D eigenvalue weighted by atomic mass is 31.2. The quantitative estimate of drug-likeness (QED) is 0.0146. The predicted molar refractivity (Wildman–Crippen MR) is 371 cm³/mol. The molecule has 5 atom stereocenters. The number of hydrogen-bond donors (Lipinski definition) is 4. The highest BCUT2D eigenvalue weighted by Gasteiger charge is 2.29. The van der Waals surface area contributed by atoms with Gasteiger partial charge in [-0.25, -0.2) is 9.13 Å². The molecule has 0 aromatic rings. The van der Waals surface area contributed by atoms with E-state index in [4.69, 9.17) is 32.3 Å². The monoisotopic (exact) mass is 1320 g/mol. The summed E-state index contributed by atoms with van der Waals surface area (Å²) >= 11 is 0. The number of ether oxygens (including phenoxy) is 3. The van der Waals surface area contributed by atoms with Crippen LogP contribution in [0.5, 0.6) is 0 Å². The summed E-state index contributed by atoms with van der Waals surface area (Å²) in [5.41, 5.74) is 0. The van der Waals surface area contributed by atoms with Crippen molar-refractivity contribution in [3.05, 3.63) is 122 Å². The summed E-state index contributed by atoms with van der Waals surface area (Å²) in [4.78, 5) is 58.3. The fourth-order valence-electron chi connectivity index (χ4n) is 8.80. The Hall–Kier alpha value is -4.05. The van der Waals surface area contributed by atoms with Crippen molar-refractivity contribution >= 4 is 33.6 Å². The number of allylic oxidation sites excluding steroid dienone is 20. The van der Waals surface area contributed by atoms with Gasteiger partial charge in [0.25, 0.3) is 0 Å². The molecule has 0 aromatic heterocycles. The fraction of sp³-hybridized carbons (Fsp3) is 0.685. The van der Waals surface area contributed by atoms with E-state index in [9.17, 15) is 43.5 Å². The van der Waals surface area contributed by atoms with Crippen LogP contribution in [0, 0.1) is 0 Å². The van der Waals surface area contributed by atoms with Crippen molar-refractivity contribution in [3.63, 3.8) is 0 Å². The zero-order valence-corrected chi connectivity index (χ0v) is 58.3. The second-order valence-electron chi connectivity index (χ2n) is 22.9. The zero-order chi connectivity index (χ0) is 66.7. The Morgan fingerprint density at radius 3 is 0.967 bits per heavy atom. The molecule has 0 bridgehead atoms. The lowest BCUT2D eigenvalue weighted by Gasteiger charge is -2.21. The summed E-state index contributed by atoms with van der Waals surface area (Å²) in [7, 11) is -9.79. The number of carbonyl (C=O) groups excluding carboxylic acids is 3. The van der Waals surface area contributed by atoms with Crippen LogP contribution in [-0.4, -0.2) is 95.9 Å². The summed E-state index contributed by atoms with van der Waals surface area (Å²) in [5, 5.41) is 20.5. The molecule has 0 heterocycles. The van der Waals surface area contributed by atoms with Crippen molar-refractivity contribution < 1.29 is 75.8 Å². The van der Waals surface area contributed by atoms with Gasteiger partial charge in [-0.2, -0.15) is 0 Å². The third-order valence-electron chi connectivity index (χ3n) is 14.1. The number of esters is 3. The lowest BCUT2D eigenvalue weighted by molar-refractivity contribution is -0.161. The van der Waals surface area contributed by atoms with E-state index in [1.165, 1.54) is 38.5 Å². The molecular weight excluding hydrogens is 1190 g/mol. The number of phosphoric ester groups is 2. The lowest BCUT2D eigenvalue weighted by Crippen LogP contribution is -2.30. The minimum Gasteiger partial charge on any atom is -0.463 e. The van der Waals surface area contributed by atoms with Crippen molar-refractivity contribution in [1.82, 2.24) is 0 Å². The molecule has 18 heteroatoms. The SMILES string of the molecule is CC/C=C\C/C=C\C/C=C\C/C=C\C/C=C\CCCCCCCCCC(=O)OCC(O)COP(=O)(O)OCC(O)COP(=O)(O)OCC(COC(=O)CCCCCCC/C=C\C/C=C\C/C=C\C/C=C\CCCCC)OC(=O)CCCCCCC/C=C\CCCC. The molecule has 0 aliphatic carbocycles. The molecule has 91 heavy (non-hydrogen) atoms. The minimum absolute atomic E-state index is 0.0870. The van der Waals surface area contributed by atoms with Crippen LogP contribution in [0.2, 0.25) is 0 Å². The third kappa shape index (κ3) is 67.2. The Kier molecular flexibility index (Phi) is 63.1. The third-order valence-corrected chi connectivity index (χ3v) is 16.0. The zero-order valence-electron chi connectivity index (χ0n) is 56.5. The second kappa shape index (κ2) is 66.0. The number of phosphoric acid groups is 2. The van der Waals surface area contributed by atoms with Gasteiger partial charge in [0, 0.05) is 19.3 Å². The summed E-state index contributed by atoms with van der Waals surface area (Å²) in [5.74, 6) is -1.62. The first kappa shape index (κ1) is 87.0. The highest BCUT2D eigenvalue weighted by molar-refractivity contribution is 7.47. The van der Waals surface area contributed by atoms with Gasteiger partial charge < -0.3 is 34.2 Å². The lowest BCUT2D eigenvalue weighted by atomic mass is 10.1. The molecule has 5 unspecified atom stereocenters. The Bertz CT molecular complexity index is 2140. The number of rotatable bonds is 65. The van der Waals surface area contributed by atoms with Crippen molar-refractivity contribution in [1.29, 1.82) is 0 Å². The highest BCUT2D eigenvalue weighted by Crippen LogP contribution is 2.45. The van der Waals surface area contributed by atoms with Gasteiger partial charge in [-0.15, -0.1) is 0 Å². The van der Waals surface area contributed by atoms with Gasteiger partial charge in [0.2, 0.25) is 0 Å². The van der Waals surface area contributed by atoms with E-state index in [1.54, 1.807) is 0 Å². The first-order chi connectivity index (χ1) is 44.2. The van der Waals surface area contributed by atoms with Crippen molar-refractivity contribution in [2.24, 2.45) is 0 Å². The first-order valence-electron chi connectivity index (χ1n) is 34.8. The molecule has 0 aliphatic heterocycles. The largest absolute Gasteiger partial charge is 0.472 e. The van der Waals surface area contributed by atoms with Crippen molar-refractivity contribution in [2.75, 3.05) is 39.6 Å². The van der Waals surface area contributed by atoms with E-state index >= 15 is 0 Å². The molecular formula is C73H124O16P2. The van der Waals surface area contributed by atoms with Crippen LogP contribution in [0.3, 0.4) is 0 Å². The van der Waals surface area contributed by atoms with E-state index in [1.807, 2.05) is 0 Å². The van der Waals surface area contributed by atoms with Crippen molar-refractivity contribution in [2.45, 2.75) is 283 Å². The number of hydrogen-bond acceptors (Lipinski definition) is 14. The van der Waals surface area contributed by atoms with E-state index in [0.29, 0.717) is 19.3 Å². The molecule has 16 nitrogen and oxygen atoms in total. The van der Waals surface area contributed by atoms with Crippen LogP contribution in [0.4, 0.5) is 0 Å². The average molecular weight is 1320 g/mol. The predicted octanol–water partition coefficient (Wildman–Crippen LogP) is 19.4. The maximum atomic E-state index is 12.9. The average Bonchev–Trinajstić information content (AvgIpc) is 3.58. The normalized spacial score (nSPS) is 14.9. The van der Waals surface area contributed by atoms with Crippen LogP contribution >= 0.6 is 15.6 Å². The number of aliphatic hydroxyl groups excluding tert-OH is 2. The molecule has 4 N–H and O–H groups in total. The topological polar surface area (TPSA) is 231 Å². The molecule has 0 aliphatic rings. The van der Waals surface area contributed by atoms with E-state index in [0.717, 1.165) is 167 Å². The molecule has 0 amide bonds. The van der Waals surface area contributed by atoms with E-state index in [2.05, 4.69) is 142 Å². The summed E-state index contributed by atoms with van der Waals surface area (Å²) < 4.78 is 60.8. The van der Waals surface area contributed by atoms with Gasteiger partial charge in [0.05, 0.1) is 26.4 Å². The van der Waals surface area contributed by atoms with Gasteiger partial charge in [-0.05, 0) is 128 Å². The summed E-state index contributed by atoms with van der Waals surface area (Å²) in [6, 6.07) is 0. The maximum absolute atomic E-state index is 12.9. The van der Waals surface area contributed by atoms with Gasteiger partial charge in [0.15, 0.2) is 6.10 Å². The molecule has 0 aromatic carbocycles. The van der Waals surface area contributed by atoms with Gasteiger partial charge in [-0.1, -0.05) is 239 Å². The van der Waals surface area contributed by atoms with E-state index < -0.39 is 91.5 Å². The van der Waals surface area contributed by atoms with Gasteiger partial charge >= 0.3 is 33.6 Å². The molecule has 0 saturated heterocycles. The van der Waals surface area contributed by atoms with E-state index in [-0.39, 0.29) is 19.3 Å². The van der Waals surface area contributed by atoms with Crippen molar-refractivity contribution in [3.8, 4) is 0 Å². The number of carbonyl (C=O) groups is 3. The summed E-state index contributed by atoms with van der Waals surface area (Å²) in [6.07, 6.45) is 75.4.